The molecule has 1 aliphatic heterocycles. The van der Waals surface area contributed by atoms with Gasteiger partial charge in [0.05, 0.1) is 16.8 Å². The van der Waals surface area contributed by atoms with E-state index in [9.17, 15) is 33.7 Å². The molecule has 2 aromatic rings. The molecule has 0 spiro atoms. The zero-order valence-corrected chi connectivity index (χ0v) is 21.1. The molecule has 2 aromatic carbocycles. The maximum atomic E-state index is 13.5. The number of carbonyl (C=O) groups excluding carboxylic acids is 4. The summed E-state index contributed by atoms with van der Waals surface area (Å²) in [5, 5.41) is 12.8. The minimum atomic E-state index is -1.04. The predicted molar refractivity (Wildman–Crippen MR) is 128 cm³/mol. The molecule has 0 bridgehead atoms. The van der Waals surface area contributed by atoms with Crippen molar-refractivity contribution in [1.29, 1.82) is 0 Å². The maximum absolute atomic E-state index is 13.5. The molecule has 0 aromatic heterocycles. The van der Waals surface area contributed by atoms with Gasteiger partial charge in [0.2, 0.25) is 0 Å². The van der Waals surface area contributed by atoms with Crippen molar-refractivity contribution in [3.8, 4) is 0 Å². The summed E-state index contributed by atoms with van der Waals surface area (Å²) >= 11 is 6.99. The van der Waals surface area contributed by atoms with Crippen LogP contribution in [-0.2, 0) is 9.59 Å². The first-order chi connectivity index (χ1) is 16.6. The number of hydrogen-bond donors (Lipinski definition) is 0. The first-order valence-corrected chi connectivity index (χ1v) is 12.4. The van der Waals surface area contributed by atoms with Crippen molar-refractivity contribution in [1.82, 2.24) is 10.0 Å². The molecule has 4 atom stereocenters. The number of Topliss-reactive ketones (excluding diaryl/α,β-unsaturated/α-hetero) is 1. The van der Waals surface area contributed by atoms with Crippen LogP contribution in [0.3, 0.4) is 0 Å². The van der Waals surface area contributed by atoms with Crippen LogP contribution in [0.4, 0.5) is 10.1 Å². The Morgan fingerprint density at radius 1 is 1.00 bits per heavy atom. The van der Waals surface area contributed by atoms with E-state index in [2.05, 4.69) is 31.9 Å². The zero-order valence-electron chi connectivity index (χ0n) is 18.0. The average molecular weight is 611 g/mol. The van der Waals surface area contributed by atoms with Gasteiger partial charge in [0.15, 0.2) is 5.78 Å². The summed E-state index contributed by atoms with van der Waals surface area (Å²) in [4.78, 5) is 63.8. The Morgan fingerprint density at radius 3 is 2.09 bits per heavy atom. The lowest BCUT2D eigenvalue weighted by atomic mass is 9.81. The number of amides is 3. The van der Waals surface area contributed by atoms with Crippen molar-refractivity contribution in [2.24, 2.45) is 11.8 Å². The SMILES string of the molecule is O=C(CN(C(=O)c1ccccc1[N+](=O)[O-])N1C(=O)[C@@H]2C[C@H](Br)[C@@H](Br)C[C@H]2C1=O)c1ccc(F)cc1. The fourth-order valence-electron chi connectivity index (χ4n) is 4.36. The highest BCUT2D eigenvalue weighted by Crippen LogP contribution is 2.43. The number of fused-ring (bicyclic) bond motifs is 1. The smallest absolute Gasteiger partial charge is 0.282 e. The number of rotatable bonds is 6. The number of halogens is 3. The second kappa shape index (κ2) is 9.94. The molecule has 1 aliphatic carbocycles. The monoisotopic (exact) mass is 609 g/mol. The Bertz CT molecular complexity index is 1200. The fourth-order valence-corrected chi connectivity index (χ4v) is 5.60. The van der Waals surface area contributed by atoms with Crippen LogP contribution in [0.15, 0.2) is 48.5 Å². The van der Waals surface area contributed by atoms with E-state index < -0.39 is 58.3 Å². The summed E-state index contributed by atoms with van der Waals surface area (Å²) in [6, 6.07) is 9.63. The second-order valence-corrected chi connectivity index (χ2v) is 10.6. The molecule has 0 unspecified atom stereocenters. The lowest BCUT2D eigenvalue weighted by molar-refractivity contribution is -0.385. The molecule has 35 heavy (non-hydrogen) atoms. The third-order valence-corrected chi connectivity index (χ3v) is 8.89. The van der Waals surface area contributed by atoms with E-state index in [1.165, 1.54) is 30.3 Å². The maximum Gasteiger partial charge on any atom is 0.282 e. The first-order valence-electron chi connectivity index (χ1n) is 10.6. The highest BCUT2D eigenvalue weighted by molar-refractivity contribution is 9.12. The van der Waals surface area contributed by atoms with Gasteiger partial charge in [-0.1, -0.05) is 44.0 Å². The van der Waals surface area contributed by atoms with E-state index in [1.54, 1.807) is 0 Å². The fraction of sp³-hybridized carbons (Fsp3) is 0.304. The minimum absolute atomic E-state index is 0.0457. The molecule has 182 valence electrons. The van der Waals surface area contributed by atoms with Gasteiger partial charge in [0.1, 0.15) is 17.9 Å². The van der Waals surface area contributed by atoms with Crippen LogP contribution >= 0.6 is 31.9 Å². The number of imide groups is 1. The van der Waals surface area contributed by atoms with Gasteiger partial charge in [-0.2, -0.15) is 5.01 Å². The molecule has 1 saturated heterocycles. The molecule has 1 saturated carbocycles. The number of para-hydroxylation sites is 1. The summed E-state index contributed by atoms with van der Waals surface area (Å²) in [6.45, 7) is -0.747. The number of nitro benzene ring substituents is 1. The number of hydrogen-bond acceptors (Lipinski definition) is 6. The van der Waals surface area contributed by atoms with Gasteiger partial charge in [0.25, 0.3) is 23.4 Å². The summed E-state index contributed by atoms with van der Waals surface area (Å²) in [7, 11) is 0. The summed E-state index contributed by atoms with van der Waals surface area (Å²) in [5.41, 5.74) is -0.866. The number of ketones is 1. The summed E-state index contributed by atoms with van der Waals surface area (Å²) < 4.78 is 13.3. The molecule has 3 amide bonds. The molecule has 9 nitrogen and oxygen atoms in total. The molecule has 0 radical (unpaired) electrons. The second-order valence-electron chi connectivity index (χ2n) is 8.27. The standard InChI is InChI=1S/C23H18Br2FN3O6/c24-17-9-15-16(10-18(17)25)23(33)28(22(15)32)27(11-20(30)12-5-7-13(26)8-6-12)21(31)14-3-1-2-4-19(14)29(34)35/h1-8,15-18H,9-11H2/t15-,16-,17+,18+/m1/s1. The number of alkyl halides is 2. The van der Waals surface area contributed by atoms with Crippen molar-refractivity contribution >= 4 is 61.1 Å². The largest absolute Gasteiger partial charge is 0.292 e. The number of carbonyl (C=O) groups is 4. The number of nitro groups is 1. The molecule has 2 aliphatic rings. The highest BCUT2D eigenvalue weighted by atomic mass is 79.9. The van der Waals surface area contributed by atoms with E-state index in [0.717, 1.165) is 18.2 Å². The van der Waals surface area contributed by atoms with Crippen LogP contribution in [0.2, 0.25) is 0 Å². The van der Waals surface area contributed by atoms with E-state index in [4.69, 9.17) is 0 Å². The quantitative estimate of drug-likeness (QED) is 0.161. The Balaban J connectivity index is 1.74. The normalized spacial score (nSPS) is 23.7. The Kier molecular flexibility index (Phi) is 7.13. The molecule has 1 heterocycles. The van der Waals surface area contributed by atoms with Crippen LogP contribution in [-0.4, -0.2) is 54.6 Å². The van der Waals surface area contributed by atoms with Crippen molar-refractivity contribution in [3.05, 3.63) is 75.6 Å². The van der Waals surface area contributed by atoms with Crippen LogP contribution in [0.1, 0.15) is 33.6 Å². The Morgan fingerprint density at radius 2 is 1.54 bits per heavy atom. The lowest BCUT2D eigenvalue weighted by Gasteiger charge is -2.30. The molecule has 12 heteroatoms. The van der Waals surface area contributed by atoms with Crippen LogP contribution in [0.25, 0.3) is 0 Å². The third-order valence-electron chi connectivity index (χ3n) is 6.15. The zero-order chi connectivity index (χ0) is 25.4. The average Bonchev–Trinajstić information content (AvgIpc) is 3.06. The molecular formula is C23H18Br2FN3O6. The topological polar surface area (TPSA) is 118 Å². The van der Waals surface area contributed by atoms with Gasteiger partial charge in [-0.25, -0.2) is 9.40 Å². The van der Waals surface area contributed by atoms with Crippen molar-refractivity contribution in [2.75, 3.05) is 6.54 Å². The highest BCUT2D eigenvalue weighted by Gasteiger charge is 2.55. The minimum Gasteiger partial charge on any atom is -0.292 e. The number of nitrogens with zero attached hydrogens (tertiary/aromatic N) is 3. The summed E-state index contributed by atoms with van der Waals surface area (Å²) in [5.74, 6) is -5.00. The van der Waals surface area contributed by atoms with E-state index in [1.807, 2.05) is 0 Å². The van der Waals surface area contributed by atoms with Gasteiger partial charge in [-0.15, -0.1) is 0 Å². The lowest BCUT2D eigenvalue weighted by Crippen LogP contribution is -2.52. The van der Waals surface area contributed by atoms with E-state index >= 15 is 0 Å². The summed E-state index contributed by atoms with van der Waals surface area (Å²) in [6.07, 6.45) is 0.669. The molecule has 0 N–H and O–H groups in total. The molecule has 4 rings (SSSR count). The van der Waals surface area contributed by atoms with Crippen LogP contribution in [0, 0.1) is 27.8 Å². The van der Waals surface area contributed by atoms with E-state index in [0.29, 0.717) is 22.9 Å². The van der Waals surface area contributed by atoms with Gasteiger partial charge in [0, 0.05) is 21.3 Å². The van der Waals surface area contributed by atoms with Gasteiger partial charge < -0.3 is 0 Å². The number of benzene rings is 2. The third kappa shape index (κ3) is 4.76. The van der Waals surface area contributed by atoms with Crippen LogP contribution in [0.5, 0.6) is 0 Å². The molecular weight excluding hydrogens is 593 g/mol. The van der Waals surface area contributed by atoms with Crippen molar-refractivity contribution < 1.29 is 28.5 Å². The van der Waals surface area contributed by atoms with Crippen molar-refractivity contribution in [2.45, 2.75) is 22.5 Å². The molecule has 2 fully saturated rings. The van der Waals surface area contributed by atoms with E-state index in [-0.39, 0.29) is 20.8 Å². The Labute approximate surface area is 215 Å². The van der Waals surface area contributed by atoms with Crippen LogP contribution < -0.4 is 0 Å². The van der Waals surface area contributed by atoms with Gasteiger partial charge in [-0.3, -0.25) is 29.3 Å². The van der Waals surface area contributed by atoms with Gasteiger partial charge >= 0.3 is 0 Å². The number of hydrazine groups is 1. The van der Waals surface area contributed by atoms with Gasteiger partial charge in [-0.05, 0) is 43.2 Å². The Hall–Kier alpha value is -2.99. The van der Waals surface area contributed by atoms with Crippen molar-refractivity contribution in [3.63, 3.8) is 0 Å². The predicted octanol–water partition coefficient (Wildman–Crippen LogP) is 3.90. The first kappa shape index (κ1) is 25.1.